The van der Waals surface area contributed by atoms with Crippen molar-refractivity contribution < 1.29 is 18.8 Å². The van der Waals surface area contributed by atoms with E-state index >= 15 is 0 Å². The molecule has 0 bridgehead atoms. The van der Waals surface area contributed by atoms with Gasteiger partial charge in [-0.1, -0.05) is 17.3 Å². The highest BCUT2D eigenvalue weighted by molar-refractivity contribution is 5.92. The average molecular weight is 448 g/mol. The van der Waals surface area contributed by atoms with E-state index in [9.17, 15) is 4.79 Å². The molecule has 1 aromatic carbocycles. The minimum absolute atomic E-state index is 0.107. The Morgan fingerprint density at radius 1 is 1.06 bits per heavy atom. The van der Waals surface area contributed by atoms with E-state index in [-0.39, 0.29) is 18.6 Å². The maximum absolute atomic E-state index is 12.8. The summed E-state index contributed by atoms with van der Waals surface area (Å²) in [4.78, 5) is 18.8. The van der Waals surface area contributed by atoms with Gasteiger partial charge in [0.1, 0.15) is 12.4 Å². The summed E-state index contributed by atoms with van der Waals surface area (Å²) in [5.74, 6) is 1.27. The lowest BCUT2D eigenvalue weighted by Crippen LogP contribution is -2.41. The highest BCUT2D eigenvalue weighted by Gasteiger charge is 2.26. The molecule has 1 aliphatic heterocycles. The van der Waals surface area contributed by atoms with Crippen molar-refractivity contribution in [2.24, 2.45) is 0 Å². The van der Waals surface area contributed by atoms with Crippen molar-refractivity contribution in [3.05, 3.63) is 76.9 Å². The molecule has 3 heterocycles. The molecule has 2 aliphatic rings. The molecule has 0 saturated carbocycles. The van der Waals surface area contributed by atoms with Crippen LogP contribution < -0.4 is 4.74 Å². The molecule has 7 nitrogen and oxygen atoms in total. The number of ether oxygens (including phenoxy) is 2. The zero-order valence-corrected chi connectivity index (χ0v) is 18.7. The third-order valence-corrected chi connectivity index (χ3v) is 6.42. The molecular formula is C26H29N3O4. The predicted octanol–water partition coefficient (Wildman–Crippen LogP) is 4.35. The molecule has 33 heavy (non-hydrogen) atoms. The van der Waals surface area contributed by atoms with Crippen molar-refractivity contribution in [2.45, 2.75) is 57.8 Å². The van der Waals surface area contributed by atoms with E-state index in [1.165, 1.54) is 24.0 Å². The lowest BCUT2D eigenvalue weighted by molar-refractivity contribution is -0.000675. The average Bonchev–Trinajstić information content (AvgIpc) is 3.36. The van der Waals surface area contributed by atoms with Gasteiger partial charge in [-0.25, -0.2) is 0 Å². The van der Waals surface area contributed by atoms with Crippen LogP contribution in [0, 0.1) is 0 Å². The summed E-state index contributed by atoms with van der Waals surface area (Å²) in [5.41, 5.74) is 4.19. The molecule has 172 valence electrons. The fourth-order valence-corrected chi connectivity index (χ4v) is 4.52. The highest BCUT2D eigenvalue weighted by atomic mass is 16.5. The van der Waals surface area contributed by atoms with Gasteiger partial charge in [0.15, 0.2) is 11.5 Å². The Morgan fingerprint density at radius 3 is 2.73 bits per heavy atom. The molecule has 2 aromatic heterocycles. The van der Waals surface area contributed by atoms with E-state index in [0.717, 1.165) is 37.0 Å². The van der Waals surface area contributed by atoms with Crippen molar-refractivity contribution in [3.63, 3.8) is 0 Å². The summed E-state index contributed by atoms with van der Waals surface area (Å²) in [6.07, 6.45) is 10.1. The molecule has 0 atom stereocenters. The van der Waals surface area contributed by atoms with Gasteiger partial charge >= 0.3 is 0 Å². The number of likely N-dealkylation sites (tertiary alicyclic amines) is 1. The van der Waals surface area contributed by atoms with Gasteiger partial charge in [-0.3, -0.25) is 9.78 Å². The zero-order chi connectivity index (χ0) is 22.5. The Hall–Kier alpha value is -3.19. The number of aromatic nitrogens is 2. The lowest BCUT2D eigenvalue weighted by atomic mass is 9.92. The molecule has 0 spiro atoms. The third kappa shape index (κ3) is 5.42. The number of amides is 1. The zero-order valence-electron chi connectivity index (χ0n) is 18.7. The van der Waals surface area contributed by atoms with E-state index in [4.69, 9.17) is 14.0 Å². The molecule has 1 amide bonds. The molecule has 1 fully saturated rings. The summed E-state index contributed by atoms with van der Waals surface area (Å²) < 4.78 is 17.2. The molecular weight excluding hydrogens is 418 g/mol. The predicted molar refractivity (Wildman–Crippen MR) is 122 cm³/mol. The van der Waals surface area contributed by atoms with Crippen LogP contribution in [0.1, 0.15) is 58.6 Å². The number of rotatable bonds is 7. The van der Waals surface area contributed by atoms with Crippen molar-refractivity contribution in [1.82, 2.24) is 15.0 Å². The monoisotopic (exact) mass is 447 g/mol. The van der Waals surface area contributed by atoms with Gasteiger partial charge in [0.25, 0.3) is 5.91 Å². The van der Waals surface area contributed by atoms with E-state index in [1.807, 2.05) is 29.3 Å². The van der Waals surface area contributed by atoms with Crippen molar-refractivity contribution in [2.75, 3.05) is 13.1 Å². The fourth-order valence-electron chi connectivity index (χ4n) is 4.52. The summed E-state index contributed by atoms with van der Waals surface area (Å²) in [7, 11) is 0. The van der Waals surface area contributed by atoms with Crippen LogP contribution in [0.3, 0.4) is 0 Å². The highest BCUT2D eigenvalue weighted by Crippen LogP contribution is 2.26. The SMILES string of the molecule is O=C(c1cc(COc2ccc3c(c2)CCCC3)on1)N1CCC(OCc2cccnc2)CC1. The number of nitrogens with zero attached hydrogens (tertiary/aromatic N) is 3. The second-order valence-electron chi connectivity index (χ2n) is 8.77. The van der Waals surface area contributed by atoms with Gasteiger partial charge < -0.3 is 18.9 Å². The number of carbonyl (C=O) groups excluding carboxylic acids is 1. The maximum Gasteiger partial charge on any atom is 0.276 e. The normalized spacial score (nSPS) is 16.4. The number of hydrogen-bond acceptors (Lipinski definition) is 6. The number of piperidine rings is 1. The van der Waals surface area contributed by atoms with Crippen LogP contribution in [0.5, 0.6) is 5.75 Å². The van der Waals surface area contributed by atoms with E-state index in [0.29, 0.717) is 31.2 Å². The van der Waals surface area contributed by atoms with Crippen molar-refractivity contribution in [1.29, 1.82) is 0 Å². The van der Waals surface area contributed by atoms with Gasteiger partial charge in [0.2, 0.25) is 0 Å². The first kappa shape index (κ1) is 21.6. The molecule has 1 aliphatic carbocycles. The third-order valence-electron chi connectivity index (χ3n) is 6.42. The van der Waals surface area contributed by atoms with Crippen LogP contribution in [0.2, 0.25) is 0 Å². The quantitative estimate of drug-likeness (QED) is 0.536. The first-order valence-corrected chi connectivity index (χ1v) is 11.7. The van der Waals surface area contributed by atoms with Gasteiger partial charge in [-0.15, -0.1) is 0 Å². The fraction of sp³-hybridized carbons (Fsp3) is 0.423. The van der Waals surface area contributed by atoms with Crippen LogP contribution in [0.25, 0.3) is 0 Å². The van der Waals surface area contributed by atoms with Crippen LogP contribution in [-0.4, -0.2) is 40.1 Å². The number of carbonyl (C=O) groups is 1. The number of aryl methyl sites for hydroxylation is 2. The first-order valence-electron chi connectivity index (χ1n) is 11.7. The minimum Gasteiger partial charge on any atom is -0.486 e. The topological polar surface area (TPSA) is 77.7 Å². The van der Waals surface area contributed by atoms with Gasteiger partial charge in [-0.2, -0.15) is 0 Å². The second kappa shape index (κ2) is 10.2. The Labute approximate surface area is 193 Å². The standard InChI is InChI=1S/C26H29N3O4/c30-26(29-12-9-22(10-13-29)31-17-19-4-3-11-27-16-19)25-15-24(33-28-25)18-32-23-8-7-20-5-1-2-6-21(20)14-23/h3-4,7-8,11,14-16,22H,1-2,5-6,9-10,12-13,17-18H2. The summed E-state index contributed by atoms with van der Waals surface area (Å²) in [5, 5.41) is 3.98. The lowest BCUT2D eigenvalue weighted by Gasteiger charge is -2.31. The summed E-state index contributed by atoms with van der Waals surface area (Å²) in [6.45, 7) is 2.08. The Kier molecular flexibility index (Phi) is 6.67. The minimum atomic E-state index is -0.107. The molecule has 1 saturated heterocycles. The Balaban J connectivity index is 1.09. The van der Waals surface area contributed by atoms with Gasteiger partial charge in [-0.05, 0) is 73.4 Å². The second-order valence-corrected chi connectivity index (χ2v) is 8.77. The van der Waals surface area contributed by atoms with Gasteiger partial charge in [0.05, 0.1) is 12.7 Å². The maximum atomic E-state index is 12.8. The molecule has 0 unspecified atom stereocenters. The van der Waals surface area contributed by atoms with Crippen LogP contribution in [0.4, 0.5) is 0 Å². The van der Waals surface area contributed by atoms with Gasteiger partial charge in [0, 0.05) is 31.5 Å². The van der Waals surface area contributed by atoms with Crippen molar-refractivity contribution >= 4 is 5.91 Å². The first-order chi connectivity index (χ1) is 16.2. The Bertz CT molecular complexity index is 1070. The summed E-state index contributed by atoms with van der Waals surface area (Å²) >= 11 is 0. The molecule has 0 radical (unpaired) electrons. The summed E-state index contributed by atoms with van der Waals surface area (Å²) in [6, 6.07) is 11.9. The Morgan fingerprint density at radius 2 is 1.91 bits per heavy atom. The van der Waals surface area contributed by atoms with Crippen molar-refractivity contribution in [3.8, 4) is 5.75 Å². The van der Waals surface area contributed by atoms with Crippen LogP contribution in [0.15, 0.2) is 53.3 Å². The van der Waals surface area contributed by atoms with Crippen LogP contribution >= 0.6 is 0 Å². The molecule has 5 rings (SSSR count). The van der Waals surface area contributed by atoms with E-state index < -0.39 is 0 Å². The largest absolute Gasteiger partial charge is 0.486 e. The number of benzene rings is 1. The number of fused-ring (bicyclic) bond motifs is 1. The smallest absolute Gasteiger partial charge is 0.276 e. The van der Waals surface area contributed by atoms with Crippen LogP contribution in [-0.2, 0) is 30.8 Å². The number of pyridine rings is 1. The van der Waals surface area contributed by atoms with E-state index in [1.54, 1.807) is 12.3 Å². The molecule has 7 heteroatoms. The molecule has 3 aromatic rings. The number of hydrogen-bond donors (Lipinski definition) is 0. The molecule has 0 N–H and O–H groups in total. The van der Waals surface area contributed by atoms with E-state index in [2.05, 4.69) is 22.3 Å².